The minimum atomic E-state index is -0.0602. The summed E-state index contributed by atoms with van der Waals surface area (Å²) in [7, 11) is 0. The molecule has 0 saturated carbocycles. The van der Waals surface area contributed by atoms with E-state index in [1.807, 2.05) is 0 Å². The van der Waals surface area contributed by atoms with Crippen molar-refractivity contribution in [1.82, 2.24) is 0 Å². The third-order valence-corrected chi connectivity index (χ3v) is 2.46. The first kappa shape index (κ1) is 5.45. The van der Waals surface area contributed by atoms with Crippen LogP contribution in [0, 0.1) is 0 Å². The molecule has 0 bridgehead atoms. The van der Waals surface area contributed by atoms with Crippen molar-refractivity contribution in [3.8, 4) is 0 Å². The maximum absolute atomic E-state index is 8.86. The second-order valence-corrected chi connectivity index (χ2v) is 3.60. The molecule has 1 rings (SSSR count). The summed E-state index contributed by atoms with van der Waals surface area (Å²) in [4.78, 5) is 0. The van der Waals surface area contributed by atoms with Gasteiger partial charge in [-0.3, -0.25) is 0 Å². The third kappa shape index (κ3) is 1.35. The molecule has 1 aliphatic rings. The van der Waals surface area contributed by atoms with Crippen LogP contribution < -0.4 is 0 Å². The van der Waals surface area contributed by atoms with E-state index in [-0.39, 0.29) is 5.44 Å². The van der Waals surface area contributed by atoms with Crippen LogP contribution in [0.1, 0.15) is 19.8 Å². The predicted octanol–water partition coefficient (Wildman–Crippen LogP) is 1.22. The zero-order valence-corrected chi connectivity index (χ0v) is 5.24. The summed E-state index contributed by atoms with van der Waals surface area (Å²) in [5.41, 5.74) is -0.0602. The molecule has 1 fully saturated rings. The molecule has 2 atom stereocenters. The van der Waals surface area contributed by atoms with E-state index in [1.165, 1.54) is 6.42 Å². The Morgan fingerprint density at radius 2 is 2.29 bits per heavy atom. The lowest BCUT2D eigenvalue weighted by atomic mass is 10.3. The molecule has 1 saturated heterocycles. The van der Waals surface area contributed by atoms with E-state index in [1.54, 1.807) is 11.8 Å². The van der Waals surface area contributed by atoms with Gasteiger partial charge in [0.05, 0.1) is 5.44 Å². The zero-order valence-electron chi connectivity index (χ0n) is 4.42. The van der Waals surface area contributed by atoms with E-state index in [0.717, 1.165) is 6.42 Å². The Morgan fingerprint density at radius 1 is 1.57 bits per heavy atom. The molecule has 1 aliphatic heterocycles. The van der Waals surface area contributed by atoms with Crippen molar-refractivity contribution in [2.75, 3.05) is 0 Å². The molecule has 0 aromatic rings. The topological polar surface area (TPSA) is 20.2 Å². The Morgan fingerprint density at radius 3 is 2.43 bits per heavy atom. The van der Waals surface area contributed by atoms with Crippen molar-refractivity contribution in [3.63, 3.8) is 0 Å². The minimum absolute atomic E-state index is 0.0602. The van der Waals surface area contributed by atoms with Crippen molar-refractivity contribution in [2.45, 2.75) is 30.5 Å². The molecule has 0 amide bonds. The Bertz CT molecular complexity index is 57.1. The van der Waals surface area contributed by atoms with Gasteiger partial charge >= 0.3 is 0 Å². The molecule has 0 aromatic carbocycles. The lowest BCUT2D eigenvalue weighted by molar-refractivity contribution is 0.259. The van der Waals surface area contributed by atoms with Crippen LogP contribution in [0.2, 0.25) is 0 Å². The van der Waals surface area contributed by atoms with Gasteiger partial charge in [0.15, 0.2) is 0 Å². The molecule has 0 radical (unpaired) electrons. The molecule has 2 heteroatoms. The number of rotatable bonds is 0. The fourth-order valence-corrected chi connectivity index (χ4v) is 1.86. The van der Waals surface area contributed by atoms with Gasteiger partial charge in [0, 0.05) is 5.25 Å². The number of hydrogen-bond donors (Lipinski definition) is 1. The molecule has 42 valence electrons. The summed E-state index contributed by atoms with van der Waals surface area (Å²) < 4.78 is 0. The second-order valence-electron chi connectivity index (χ2n) is 1.98. The van der Waals surface area contributed by atoms with E-state index in [2.05, 4.69) is 6.92 Å². The summed E-state index contributed by atoms with van der Waals surface area (Å²) in [5, 5.41) is 9.55. The predicted molar refractivity (Wildman–Crippen MR) is 32.3 cm³/mol. The fraction of sp³-hybridized carbons (Fsp3) is 1.00. The molecule has 1 N–H and O–H groups in total. The molecular formula is C5H10OS. The molecular weight excluding hydrogens is 108 g/mol. The first-order valence-corrected chi connectivity index (χ1v) is 3.57. The minimum Gasteiger partial charge on any atom is -0.382 e. The van der Waals surface area contributed by atoms with Gasteiger partial charge in [0.25, 0.3) is 0 Å². The third-order valence-electron chi connectivity index (χ3n) is 1.21. The highest BCUT2D eigenvalue weighted by Gasteiger charge is 2.18. The largest absolute Gasteiger partial charge is 0.382 e. The summed E-state index contributed by atoms with van der Waals surface area (Å²) >= 11 is 1.68. The van der Waals surface area contributed by atoms with E-state index >= 15 is 0 Å². The van der Waals surface area contributed by atoms with Gasteiger partial charge in [-0.2, -0.15) is 0 Å². The highest BCUT2D eigenvalue weighted by Crippen LogP contribution is 2.30. The summed E-state index contributed by atoms with van der Waals surface area (Å²) in [5.74, 6) is 0. The van der Waals surface area contributed by atoms with Crippen LogP contribution >= 0.6 is 11.8 Å². The smallest absolute Gasteiger partial charge is 0.0995 e. The quantitative estimate of drug-likeness (QED) is 0.516. The average Bonchev–Trinajstić information content (AvgIpc) is 1.87. The van der Waals surface area contributed by atoms with Crippen LogP contribution in [0.4, 0.5) is 0 Å². The van der Waals surface area contributed by atoms with Crippen molar-refractivity contribution in [2.24, 2.45) is 0 Å². The van der Waals surface area contributed by atoms with Gasteiger partial charge in [-0.15, -0.1) is 11.8 Å². The van der Waals surface area contributed by atoms with E-state index < -0.39 is 0 Å². The Labute approximate surface area is 48.1 Å². The molecule has 1 nitrogen and oxygen atoms in total. The van der Waals surface area contributed by atoms with Gasteiger partial charge in [-0.05, 0) is 12.8 Å². The average molecular weight is 118 g/mol. The van der Waals surface area contributed by atoms with Gasteiger partial charge in [-0.1, -0.05) is 6.92 Å². The van der Waals surface area contributed by atoms with E-state index in [0.29, 0.717) is 5.25 Å². The van der Waals surface area contributed by atoms with Crippen LogP contribution in [-0.2, 0) is 0 Å². The van der Waals surface area contributed by atoms with Gasteiger partial charge in [0.1, 0.15) is 0 Å². The first-order chi connectivity index (χ1) is 3.29. The molecule has 0 aliphatic carbocycles. The summed E-state index contributed by atoms with van der Waals surface area (Å²) in [6.45, 7) is 2.15. The maximum Gasteiger partial charge on any atom is 0.0995 e. The highest BCUT2D eigenvalue weighted by molar-refractivity contribution is 8.00. The van der Waals surface area contributed by atoms with Crippen LogP contribution in [0.3, 0.4) is 0 Å². The standard InChI is InChI=1S/C5H10OS/c1-4-2-3-5(6)7-4/h4-6H,2-3H2,1H3. The van der Waals surface area contributed by atoms with Crippen LogP contribution in [0.5, 0.6) is 0 Å². The number of thioether (sulfide) groups is 1. The number of aliphatic hydroxyl groups excluding tert-OH is 1. The Hall–Kier alpha value is 0.310. The molecule has 0 spiro atoms. The molecule has 7 heavy (non-hydrogen) atoms. The summed E-state index contributed by atoms with van der Waals surface area (Å²) in [6, 6.07) is 0. The van der Waals surface area contributed by atoms with Crippen LogP contribution in [0.15, 0.2) is 0 Å². The highest BCUT2D eigenvalue weighted by atomic mass is 32.2. The lowest BCUT2D eigenvalue weighted by Gasteiger charge is -1.96. The van der Waals surface area contributed by atoms with Crippen LogP contribution in [0.25, 0.3) is 0 Å². The van der Waals surface area contributed by atoms with E-state index in [4.69, 9.17) is 5.11 Å². The van der Waals surface area contributed by atoms with Crippen molar-refractivity contribution < 1.29 is 5.11 Å². The lowest BCUT2D eigenvalue weighted by Crippen LogP contribution is -1.90. The van der Waals surface area contributed by atoms with Crippen molar-refractivity contribution >= 4 is 11.8 Å². The first-order valence-electron chi connectivity index (χ1n) is 2.62. The van der Waals surface area contributed by atoms with Gasteiger partial charge < -0.3 is 5.11 Å². The Balaban J connectivity index is 2.26. The molecule has 0 aromatic heterocycles. The monoisotopic (exact) mass is 118 g/mol. The number of aliphatic hydroxyl groups is 1. The van der Waals surface area contributed by atoms with Crippen LogP contribution in [-0.4, -0.2) is 15.8 Å². The molecule has 1 heterocycles. The zero-order chi connectivity index (χ0) is 5.28. The number of hydrogen-bond acceptors (Lipinski definition) is 2. The normalized spacial score (nSPS) is 42.0. The second kappa shape index (κ2) is 2.05. The summed E-state index contributed by atoms with van der Waals surface area (Å²) in [6.07, 6.45) is 2.18. The van der Waals surface area contributed by atoms with Crippen molar-refractivity contribution in [1.29, 1.82) is 0 Å². The Kier molecular flexibility index (Phi) is 1.60. The van der Waals surface area contributed by atoms with Gasteiger partial charge in [0.2, 0.25) is 0 Å². The van der Waals surface area contributed by atoms with E-state index in [9.17, 15) is 0 Å². The van der Waals surface area contributed by atoms with Crippen molar-refractivity contribution in [3.05, 3.63) is 0 Å². The van der Waals surface area contributed by atoms with Gasteiger partial charge in [-0.25, -0.2) is 0 Å². The maximum atomic E-state index is 8.86. The fourth-order valence-electron chi connectivity index (χ4n) is 0.782. The SMILES string of the molecule is CC1CCC(O)S1. The molecule has 2 unspecified atom stereocenters.